The lowest BCUT2D eigenvalue weighted by Crippen LogP contribution is -2.49. The van der Waals surface area contributed by atoms with Crippen molar-refractivity contribution in [2.24, 2.45) is 5.41 Å². The van der Waals surface area contributed by atoms with E-state index in [2.05, 4.69) is 23.5 Å². The summed E-state index contributed by atoms with van der Waals surface area (Å²) in [7, 11) is 2.05. The molecular weight excluding hydrogens is 218 g/mol. The maximum Gasteiger partial charge on any atom is 0.0408 e. The predicted octanol–water partition coefficient (Wildman–Crippen LogP) is 3.37. The average molecular weight is 236 g/mol. The highest BCUT2D eigenvalue weighted by Gasteiger charge is 2.60. The molecule has 0 aromatic heterocycles. The highest BCUT2D eigenvalue weighted by molar-refractivity contribution is 6.30. The molecular formula is C14H18ClN. The SMILES string of the molecule is CNCC1(c2cccc(Cl)c2)CC2(CC2)C1. The summed E-state index contributed by atoms with van der Waals surface area (Å²) in [6.45, 7) is 1.08. The van der Waals surface area contributed by atoms with Gasteiger partial charge in [-0.3, -0.25) is 0 Å². The fourth-order valence-electron chi connectivity index (χ4n) is 3.50. The molecule has 1 nitrogen and oxygen atoms in total. The largest absolute Gasteiger partial charge is 0.319 e. The summed E-state index contributed by atoms with van der Waals surface area (Å²) in [5.74, 6) is 0. The molecule has 2 saturated carbocycles. The van der Waals surface area contributed by atoms with Gasteiger partial charge in [-0.2, -0.15) is 0 Å². The Kier molecular flexibility index (Phi) is 2.31. The molecule has 16 heavy (non-hydrogen) atoms. The molecule has 86 valence electrons. The van der Waals surface area contributed by atoms with E-state index in [4.69, 9.17) is 11.6 Å². The molecule has 0 aliphatic heterocycles. The molecule has 0 atom stereocenters. The van der Waals surface area contributed by atoms with Gasteiger partial charge in [-0.25, -0.2) is 0 Å². The molecule has 1 aromatic rings. The fraction of sp³-hybridized carbons (Fsp3) is 0.571. The van der Waals surface area contributed by atoms with Crippen molar-refractivity contribution in [1.82, 2.24) is 5.32 Å². The van der Waals surface area contributed by atoms with Crippen LogP contribution >= 0.6 is 11.6 Å². The van der Waals surface area contributed by atoms with Gasteiger partial charge in [-0.1, -0.05) is 23.7 Å². The summed E-state index contributed by atoms with van der Waals surface area (Å²) in [6.07, 6.45) is 5.58. The second kappa shape index (κ2) is 3.48. The Bertz CT molecular complexity index is 401. The summed E-state index contributed by atoms with van der Waals surface area (Å²) in [4.78, 5) is 0. The molecule has 1 N–H and O–H groups in total. The second-order valence-corrected chi connectivity index (χ2v) is 6.11. The monoisotopic (exact) mass is 235 g/mol. The van der Waals surface area contributed by atoms with Crippen molar-refractivity contribution >= 4 is 11.6 Å². The van der Waals surface area contributed by atoms with Gasteiger partial charge in [0.15, 0.2) is 0 Å². The summed E-state index contributed by atoms with van der Waals surface area (Å²) in [5, 5.41) is 4.22. The van der Waals surface area contributed by atoms with Crippen LogP contribution in [0.4, 0.5) is 0 Å². The first-order valence-electron chi connectivity index (χ1n) is 6.09. The van der Waals surface area contributed by atoms with Crippen molar-refractivity contribution in [2.75, 3.05) is 13.6 Å². The molecule has 1 aromatic carbocycles. The third kappa shape index (κ3) is 1.57. The molecule has 1 spiro atoms. The van der Waals surface area contributed by atoms with Crippen LogP contribution < -0.4 is 5.32 Å². The van der Waals surface area contributed by atoms with Crippen LogP contribution in [-0.2, 0) is 5.41 Å². The maximum absolute atomic E-state index is 6.10. The molecule has 2 fully saturated rings. The number of halogens is 1. The van der Waals surface area contributed by atoms with Crippen LogP contribution in [0.5, 0.6) is 0 Å². The van der Waals surface area contributed by atoms with E-state index in [-0.39, 0.29) is 0 Å². The topological polar surface area (TPSA) is 12.0 Å². The van der Waals surface area contributed by atoms with Crippen LogP contribution in [0.1, 0.15) is 31.2 Å². The lowest BCUT2D eigenvalue weighted by molar-refractivity contribution is 0.118. The zero-order valence-corrected chi connectivity index (χ0v) is 10.5. The number of hydrogen-bond donors (Lipinski definition) is 1. The van der Waals surface area contributed by atoms with Crippen molar-refractivity contribution < 1.29 is 0 Å². The van der Waals surface area contributed by atoms with E-state index in [1.54, 1.807) is 0 Å². The molecule has 0 unspecified atom stereocenters. The third-order valence-corrected chi connectivity index (χ3v) is 4.57. The van der Waals surface area contributed by atoms with Gasteiger partial charge in [-0.05, 0) is 55.8 Å². The Morgan fingerprint density at radius 1 is 1.31 bits per heavy atom. The molecule has 2 aliphatic carbocycles. The molecule has 0 bridgehead atoms. The minimum absolute atomic E-state index is 0.357. The zero-order valence-electron chi connectivity index (χ0n) is 9.72. The summed E-state index contributed by atoms with van der Waals surface area (Å²) < 4.78 is 0. The first-order chi connectivity index (χ1) is 7.68. The van der Waals surface area contributed by atoms with Crippen LogP contribution in [0, 0.1) is 5.41 Å². The molecule has 2 aliphatic rings. The van der Waals surface area contributed by atoms with Crippen LogP contribution in [0.15, 0.2) is 24.3 Å². The maximum atomic E-state index is 6.10. The number of nitrogens with one attached hydrogen (secondary N) is 1. The van der Waals surface area contributed by atoms with Crippen molar-refractivity contribution in [3.05, 3.63) is 34.9 Å². The lowest BCUT2D eigenvalue weighted by atomic mass is 9.56. The molecule has 2 heteroatoms. The minimum Gasteiger partial charge on any atom is -0.319 e. The van der Waals surface area contributed by atoms with Crippen molar-refractivity contribution in [3.8, 4) is 0 Å². The Labute approximate surface area is 102 Å². The van der Waals surface area contributed by atoms with E-state index >= 15 is 0 Å². The molecule has 0 radical (unpaired) electrons. The van der Waals surface area contributed by atoms with Gasteiger partial charge in [0.25, 0.3) is 0 Å². The Morgan fingerprint density at radius 3 is 2.62 bits per heavy atom. The highest BCUT2D eigenvalue weighted by atomic mass is 35.5. The van der Waals surface area contributed by atoms with Crippen LogP contribution in [0.25, 0.3) is 0 Å². The summed E-state index contributed by atoms with van der Waals surface area (Å²) >= 11 is 6.10. The van der Waals surface area contributed by atoms with Gasteiger partial charge >= 0.3 is 0 Å². The highest BCUT2D eigenvalue weighted by Crippen LogP contribution is 2.68. The van der Waals surface area contributed by atoms with E-state index < -0.39 is 0 Å². The van der Waals surface area contributed by atoms with Gasteiger partial charge < -0.3 is 5.32 Å². The lowest BCUT2D eigenvalue weighted by Gasteiger charge is -2.49. The average Bonchev–Trinajstić information content (AvgIpc) is 2.97. The van der Waals surface area contributed by atoms with Crippen LogP contribution in [0.2, 0.25) is 5.02 Å². The van der Waals surface area contributed by atoms with E-state index in [1.807, 2.05) is 13.1 Å². The third-order valence-electron chi connectivity index (χ3n) is 4.34. The van der Waals surface area contributed by atoms with Crippen LogP contribution in [0.3, 0.4) is 0 Å². The number of rotatable bonds is 3. The predicted molar refractivity (Wildman–Crippen MR) is 68.0 cm³/mol. The molecule has 0 amide bonds. The quantitative estimate of drug-likeness (QED) is 0.847. The molecule has 0 heterocycles. The Balaban J connectivity index is 1.88. The van der Waals surface area contributed by atoms with E-state index in [1.165, 1.54) is 31.2 Å². The van der Waals surface area contributed by atoms with Crippen LogP contribution in [-0.4, -0.2) is 13.6 Å². The normalized spacial score (nSPS) is 24.1. The second-order valence-electron chi connectivity index (χ2n) is 5.67. The zero-order chi connectivity index (χ0) is 11.2. The van der Waals surface area contributed by atoms with Gasteiger partial charge in [0.2, 0.25) is 0 Å². The number of hydrogen-bond acceptors (Lipinski definition) is 1. The Morgan fingerprint density at radius 2 is 2.06 bits per heavy atom. The van der Waals surface area contributed by atoms with E-state index in [9.17, 15) is 0 Å². The smallest absolute Gasteiger partial charge is 0.0408 e. The van der Waals surface area contributed by atoms with Gasteiger partial charge in [0, 0.05) is 17.0 Å². The minimum atomic E-state index is 0.357. The van der Waals surface area contributed by atoms with Gasteiger partial charge in [0.1, 0.15) is 0 Å². The number of likely N-dealkylation sites (N-methyl/N-ethyl adjacent to an activating group) is 1. The molecule has 3 rings (SSSR count). The Hall–Kier alpha value is -0.530. The number of benzene rings is 1. The van der Waals surface area contributed by atoms with Crippen molar-refractivity contribution in [1.29, 1.82) is 0 Å². The standard InChI is InChI=1S/C14H18ClN/c1-16-10-14(8-13(9-14)5-6-13)11-3-2-4-12(15)7-11/h2-4,7,16H,5-6,8-10H2,1H3. The summed E-state index contributed by atoms with van der Waals surface area (Å²) in [6, 6.07) is 8.42. The van der Waals surface area contributed by atoms with E-state index in [0.29, 0.717) is 5.41 Å². The van der Waals surface area contributed by atoms with Gasteiger partial charge in [-0.15, -0.1) is 0 Å². The first-order valence-corrected chi connectivity index (χ1v) is 6.47. The van der Waals surface area contributed by atoms with E-state index in [0.717, 1.165) is 17.0 Å². The molecule has 0 saturated heterocycles. The fourth-order valence-corrected chi connectivity index (χ4v) is 3.69. The van der Waals surface area contributed by atoms with Crippen molar-refractivity contribution in [2.45, 2.75) is 31.1 Å². The van der Waals surface area contributed by atoms with Gasteiger partial charge in [0.05, 0.1) is 0 Å². The summed E-state index contributed by atoms with van der Waals surface area (Å²) in [5.41, 5.74) is 2.50. The van der Waals surface area contributed by atoms with Crippen molar-refractivity contribution in [3.63, 3.8) is 0 Å². The first kappa shape index (κ1) is 10.6.